The van der Waals surface area contributed by atoms with Crippen LogP contribution < -0.4 is 5.32 Å². The highest BCUT2D eigenvalue weighted by Gasteiger charge is 2.33. The van der Waals surface area contributed by atoms with Crippen LogP contribution in [0, 0.1) is 0 Å². The highest BCUT2D eigenvalue weighted by Crippen LogP contribution is 2.33. The molecule has 2 rings (SSSR count). The lowest BCUT2D eigenvalue weighted by Gasteiger charge is -2.39. The van der Waals surface area contributed by atoms with E-state index in [1.165, 1.54) is 57.9 Å². The first-order valence-electron chi connectivity index (χ1n) is 7.33. The molecule has 17 heavy (non-hydrogen) atoms. The molecule has 98 valence electrons. The Kier molecular flexibility index (Phi) is 4.63. The highest BCUT2D eigenvalue weighted by atomic mass is 15.2. The molecule has 0 aromatic carbocycles. The quantitative estimate of drug-likeness (QED) is 0.684. The van der Waals surface area contributed by atoms with Crippen molar-refractivity contribution in [1.82, 2.24) is 10.2 Å². The van der Waals surface area contributed by atoms with Crippen LogP contribution >= 0.6 is 0 Å². The molecule has 0 aromatic heterocycles. The Hall–Kier alpha value is -0.340. The van der Waals surface area contributed by atoms with Gasteiger partial charge in [0.2, 0.25) is 0 Å². The smallest absolute Gasteiger partial charge is 0.0190 e. The highest BCUT2D eigenvalue weighted by molar-refractivity contribution is 4.94. The zero-order chi connectivity index (χ0) is 12.1. The third-order valence-corrected chi connectivity index (χ3v) is 4.65. The van der Waals surface area contributed by atoms with Gasteiger partial charge in [0.15, 0.2) is 0 Å². The first kappa shape index (κ1) is 13.1. The molecule has 2 heteroatoms. The van der Waals surface area contributed by atoms with Gasteiger partial charge in [-0.25, -0.2) is 0 Å². The van der Waals surface area contributed by atoms with Crippen molar-refractivity contribution in [2.75, 3.05) is 20.1 Å². The summed E-state index contributed by atoms with van der Waals surface area (Å²) in [6.07, 6.45) is 13.2. The summed E-state index contributed by atoms with van der Waals surface area (Å²) in [5.74, 6) is 0. The SMILES string of the molecule is C=CCN(CCC1(NC)CCCCC1)C1CC1. The van der Waals surface area contributed by atoms with Crippen molar-refractivity contribution < 1.29 is 0 Å². The molecule has 2 aliphatic carbocycles. The van der Waals surface area contributed by atoms with Crippen LogP contribution in [0.3, 0.4) is 0 Å². The van der Waals surface area contributed by atoms with E-state index in [0.29, 0.717) is 5.54 Å². The Morgan fingerprint density at radius 3 is 2.53 bits per heavy atom. The Morgan fingerprint density at radius 1 is 1.29 bits per heavy atom. The molecule has 0 amide bonds. The average molecular weight is 236 g/mol. The third-order valence-electron chi connectivity index (χ3n) is 4.65. The number of hydrogen-bond donors (Lipinski definition) is 1. The first-order chi connectivity index (χ1) is 8.29. The topological polar surface area (TPSA) is 15.3 Å². The summed E-state index contributed by atoms with van der Waals surface area (Å²) < 4.78 is 0. The van der Waals surface area contributed by atoms with E-state index < -0.39 is 0 Å². The number of rotatable bonds is 7. The van der Waals surface area contributed by atoms with E-state index in [1.807, 2.05) is 0 Å². The lowest BCUT2D eigenvalue weighted by atomic mass is 9.79. The summed E-state index contributed by atoms with van der Waals surface area (Å²) in [4.78, 5) is 2.63. The van der Waals surface area contributed by atoms with E-state index in [-0.39, 0.29) is 0 Å². The Morgan fingerprint density at radius 2 is 2.00 bits per heavy atom. The second-order valence-electron chi connectivity index (χ2n) is 5.86. The van der Waals surface area contributed by atoms with Crippen molar-refractivity contribution >= 4 is 0 Å². The van der Waals surface area contributed by atoms with Gasteiger partial charge in [0.1, 0.15) is 0 Å². The van der Waals surface area contributed by atoms with Gasteiger partial charge >= 0.3 is 0 Å². The maximum atomic E-state index is 3.89. The van der Waals surface area contributed by atoms with Crippen molar-refractivity contribution in [2.45, 2.75) is 62.9 Å². The van der Waals surface area contributed by atoms with Crippen molar-refractivity contribution in [2.24, 2.45) is 0 Å². The standard InChI is InChI=1S/C15H28N2/c1-3-12-17(14-7-8-14)13-11-15(16-2)9-5-4-6-10-15/h3,14,16H,1,4-13H2,2H3. The van der Waals surface area contributed by atoms with Crippen molar-refractivity contribution in [1.29, 1.82) is 0 Å². The van der Waals surface area contributed by atoms with Gasteiger partial charge in [-0.1, -0.05) is 25.3 Å². The number of nitrogens with one attached hydrogen (secondary N) is 1. The van der Waals surface area contributed by atoms with Crippen molar-refractivity contribution in [3.05, 3.63) is 12.7 Å². The monoisotopic (exact) mass is 236 g/mol. The van der Waals surface area contributed by atoms with Gasteiger partial charge in [-0.3, -0.25) is 4.90 Å². The molecular weight excluding hydrogens is 208 g/mol. The molecule has 0 aliphatic heterocycles. The first-order valence-corrected chi connectivity index (χ1v) is 7.33. The van der Waals surface area contributed by atoms with Gasteiger partial charge < -0.3 is 5.32 Å². The van der Waals surface area contributed by atoms with E-state index >= 15 is 0 Å². The summed E-state index contributed by atoms with van der Waals surface area (Å²) >= 11 is 0. The minimum absolute atomic E-state index is 0.437. The molecule has 2 saturated carbocycles. The molecule has 0 saturated heterocycles. The third kappa shape index (κ3) is 3.56. The predicted octanol–water partition coefficient (Wildman–Crippen LogP) is 2.95. The van der Waals surface area contributed by atoms with Gasteiger partial charge in [0.25, 0.3) is 0 Å². The fraction of sp³-hybridized carbons (Fsp3) is 0.867. The second kappa shape index (κ2) is 6.01. The van der Waals surface area contributed by atoms with Gasteiger partial charge in [-0.2, -0.15) is 0 Å². The number of hydrogen-bond acceptors (Lipinski definition) is 2. The summed E-state index contributed by atoms with van der Waals surface area (Å²) in [7, 11) is 2.15. The summed E-state index contributed by atoms with van der Waals surface area (Å²) in [6, 6.07) is 0.866. The molecule has 0 spiro atoms. The molecule has 0 unspecified atom stereocenters. The zero-order valence-corrected chi connectivity index (χ0v) is 11.4. The Balaban J connectivity index is 1.82. The van der Waals surface area contributed by atoms with E-state index in [2.05, 4.69) is 29.9 Å². The summed E-state index contributed by atoms with van der Waals surface area (Å²) in [6.45, 7) is 6.21. The van der Waals surface area contributed by atoms with Gasteiger partial charge in [-0.15, -0.1) is 6.58 Å². The minimum Gasteiger partial charge on any atom is -0.314 e. The molecule has 0 bridgehead atoms. The molecular formula is C15H28N2. The lowest BCUT2D eigenvalue weighted by Crippen LogP contribution is -2.47. The fourth-order valence-electron chi connectivity index (χ4n) is 3.24. The van der Waals surface area contributed by atoms with E-state index in [0.717, 1.165) is 12.6 Å². The average Bonchev–Trinajstić information content (AvgIpc) is 3.20. The van der Waals surface area contributed by atoms with Crippen LogP contribution in [0.15, 0.2) is 12.7 Å². The molecule has 2 aliphatic rings. The fourth-order valence-corrected chi connectivity index (χ4v) is 3.24. The lowest BCUT2D eigenvalue weighted by molar-refractivity contribution is 0.186. The Bertz CT molecular complexity index is 239. The van der Waals surface area contributed by atoms with Gasteiger partial charge in [-0.05, 0) is 39.2 Å². The van der Waals surface area contributed by atoms with Gasteiger partial charge in [0, 0.05) is 24.7 Å². The summed E-state index contributed by atoms with van der Waals surface area (Å²) in [5.41, 5.74) is 0.437. The van der Waals surface area contributed by atoms with Gasteiger partial charge in [0.05, 0.1) is 0 Å². The largest absolute Gasteiger partial charge is 0.314 e. The van der Waals surface area contributed by atoms with Crippen LogP contribution in [0.2, 0.25) is 0 Å². The van der Waals surface area contributed by atoms with Crippen LogP contribution in [0.5, 0.6) is 0 Å². The predicted molar refractivity (Wildman–Crippen MR) is 74.3 cm³/mol. The van der Waals surface area contributed by atoms with Crippen LogP contribution in [0.25, 0.3) is 0 Å². The zero-order valence-electron chi connectivity index (χ0n) is 11.4. The second-order valence-corrected chi connectivity index (χ2v) is 5.86. The maximum absolute atomic E-state index is 3.89. The molecule has 1 N–H and O–H groups in total. The molecule has 2 nitrogen and oxygen atoms in total. The molecule has 0 atom stereocenters. The van der Waals surface area contributed by atoms with Crippen LogP contribution in [-0.4, -0.2) is 36.6 Å². The summed E-state index contributed by atoms with van der Waals surface area (Å²) in [5, 5.41) is 3.62. The van der Waals surface area contributed by atoms with Crippen molar-refractivity contribution in [3.8, 4) is 0 Å². The van der Waals surface area contributed by atoms with E-state index in [9.17, 15) is 0 Å². The normalized spacial score (nSPS) is 23.9. The molecule has 0 aromatic rings. The van der Waals surface area contributed by atoms with Crippen molar-refractivity contribution in [3.63, 3.8) is 0 Å². The molecule has 0 radical (unpaired) electrons. The van der Waals surface area contributed by atoms with Crippen LogP contribution in [0.4, 0.5) is 0 Å². The number of nitrogens with zero attached hydrogens (tertiary/aromatic N) is 1. The van der Waals surface area contributed by atoms with Crippen LogP contribution in [-0.2, 0) is 0 Å². The molecule has 0 heterocycles. The van der Waals surface area contributed by atoms with Crippen LogP contribution in [0.1, 0.15) is 51.4 Å². The maximum Gasteiger partial charge on any atom is 0.0190 e. The van der Waals surface area contributed by atoms with E-state index in [4.69, 9.17) is 0 Å². The van der Waals surface area contributed by atoms with E-state index in [1.54, 1.807) is 0 Å². The Labute approximate surface area is 106 Å². The molecule has 2 fully saturated rings. The minimum atomic E-state index is 0.437.